The highest BCUT2D eigenvalue weighted by atomic mass is 79.9. The normalized spacial score (nSPS) is 11.0. The van der Waals surface area contributed by atoms with Crippen molar-refractivity contribution in [1.82, 2.24) is 0 Å². The highest BCUT2D eigenvalue weighted by Crippen LogP contribution is 2.26. The van der Waals surface area contributed by atoms with Crippen molar-refractivity contribution in [2.24, 2.45) is 0 Å². The molecular weight excluding hydrogens is 418 g/mol. The number of halogens is 1. The average Bonchev–Trinajstić information content (AvgIpc) is 2.55. The quantitative estimate of drug-likeness (QED) is 0.642. The van der Waals surface area contributed by atoms with Crippen LogP contribution in [0.5, 0.6) is 5.75 Å². The molecule has 3 N–H and O–H groups in total. The Kier molecular flexibility index (Phi) is 5.33. The highest BCUT2D eigenvalue weighted by Gasteiger charge is 2.22. The minimum Gasteiger partial charge on any atom is -0.496 e. The van der Waals surface area contributed by atoms with Crippen molar-refractivity contribution in [2.75, 3.05) is 11.8 Å². The zero-order valence-corrected chi connectivity index (χ0v) is 15.1. The first-order valence-corrected chi connectivity index (χ1v) is 8.90. The molecular formula is C15H12BrNO7S. The van der Waals surface area contributed by atoms with Crippen molar-refractivity contribution in [3.05, 3.63) is 52.0 Å². The van der Waals surface area contributed by atoms with Gasteiger partial charge in [0.2, 0.25) is 0 Å². The van der Waals surface area contributed by atoms with Gasteiger partial charge in [-0.05, 0) is 36.4 Å². The van der Waals surface area contributed by atoms with Crippen molar-refractivity contribution in [2.45, 2.75) is 4.90 Å². The van der Waals surface area contributed by atoms with Gasteiger partial charge in [0.1, 0.15) is 11.3 Å². The SMILES string of the molecule is COc1ccc(S(=O)(=O)Nc2ccc(Br)cc2C(=O)O)cc1C(=O)O. The molecule has 0 heterocycles. The van der Waals surface area contributed by atoms with E-state index in [1.54, 1.807) is 0 Å². The van der Waals surface area contributed by atoms with Gasteiger partial charge in [-0.2, -0.15) is 0 Å². The Labute approximate surface area is 151 Å². The van der Waals surface area contributed by atoms with Crippen LogP contribution in [-0.4, -0.2) is 37.7 Å². The first-order valence-electron chi connectivity index (χ1n) is 6.62. The van der Waals surface area contributed by atoms with Crippen LogP contribution >= 0.6 is 15.9 Å². The van der Waals surface area contributed by atoms with Crippen molar-refractivity contribution in [3.8, 4) is 5.75 Å². The summed E-state index contributed by atoms with van der Waals surface area (Å²) in [6, 6.07) is 7.30. The molecule has 0 fully saturated rings. The number of sulfonamides is 1. The lowest BCUT2D eigenvalue weighted by Crippen LogP contribution is -2.16. The van der Waals surface area contributed by atoms with Crippen LogP contribution in [0.4, 0.5) is 5.69 Å². The second-order valence-corrected chi connectivity index (χ2v) is 7.37. The summed E-state index contributed by atoms with van der Waals surface area (Å²) >= 11 is 3.11. The lowest BCUT2D eigenvalue weighted by Gasteiger charge is -2.12. The predicted octanol–water partition coefficient (Wildman–Crippen LogP) is 2.65. The molecule has 25 heavy (non-hydrogen) atoms. The molecule has 0 bridgehead atoms. The second kappa shape index (κ2) is 7.11. The molecule has 0 radical (unpaired) electrons. The summed E-state index contributed by atoms with van der Waals surface area (Å²) in [6.07, 6.45) is 0. The third-order valence-corrected chi connectivity index (χ3v) is 5.02. The Balaban J connectivity index is 2.49. The maximum atomic E-state index is 12.5. The van der Waals surface area contributed by atoms with E-state index in [-0.39, 0.29) is 27.5 Å². The Bertz CT molecular complexity index is 956. The third kappa shape index (κ3) is 4.09. The van der Waals surface area contributed by atoms with Crippen LogP contribution in [-0.2, 0) is 10.0 Å². The largest absolute Gasteiger partial charge is 0.496 e. The monoisotopic (exact) mass is 429 g/mol. The lowest BCUT2D eigenvalue weighted by atomic mass is 10.2. The second-order valence-electron chi connectivity index (χ2n) is 4.77. The smallest absolute Gasteiger partial charge is 0.339 e. The van der Waals surface area contributed by atoms with Gasteiger partial charge < -0.3 is 14.9 Å². The Morgan fingerprint density at radius 1 is 1.04 bits per heavy atom. The molecule has 0 saturated heterocycles. The van der Waals surface area contributed by atoms with E-state index in [9.17, 15) is 23.1 Å². The molecule has 0 unspecified atom stereocenters. The van der Waals surface area contributed by atoms with Crippen molar-refractivity contribution < 1.29 is 33.0 Å². The third-order valence-electron chi connectivity index (χ3n) is 3.17. The first kappa shape index (κ1) is 18.7. The van der Waals surface area contributed by atoms with Crippen LogP contribution in [0.15, 0.2) is 45.8 Å². The van der Waals surface area contributed by atoms with E-state index in [4.69, 9.17) is 9.84 Å². The number of methoxy groups -OCH3 is 1. The number of anilines is 1. The minimum absolute atomic E-state index is 0.00122. The number of carboxylic acids is 2. The molecule has 10 heteroatoms. The topological polar surface area (TPSA) is 130 Å². The molecule has 0 aliphatic rings. The van der Waals surface area contributed by atoms with Crippen LogP contribution in [0.1, 0.15) is 20.7 Å². The Hall–Kier alpha value is -2.59. The standard InChI is InChI=1S/C15H12BrNO7S/c1-24-13-5-3-9(7-11(13)15(20)21)25(22,23)17-12-4-2-8(16)6-10(12)14(18)19/h2-7,17H,1H3,(H,18,19)(H,20,21). The summed E-state index contributed by atoms with van der Waals surface area (Å²) in [5.74, 6) is -2.68. The summed E-state index contributed by atoms with van der Waals surface area (Å²) in [5, 5.41) is 18.3. The van der Waals surface area contributed by atoms with Gasteiger partial charge in [0.25, 0.3) is 10.0 Å². The molecule has 0 spiro atoms. The summed E-state index contributed by atoms with van der Waals surface area (Å²) in [7, 11) is -2.95. The number of benzene rings is 2. The minimum atomic E-state index is -4.21. The average molecular weight is 430 g/mol. The molecule has 0 amide bonds. The van der Waals surface area contributed by atoms with Gasteiger partial charge in [-0.15, -0.1) is 0 Å². The summed E-state index contributed by atoms with van der Waals surface area (Å²) in [6.45, 7) is 0. The van der Waals surface area contributed by atoms with E-state index in [0.29, 0.717) is 4.47 Å². The molecule has 0 aromatic heterocycles. The predicted molar refractivity (Wildman–Crippen MR) is 91.9 cm³/mol. The van der Waals surface area contributed by atoms with Crippen molar-refractivity contribution in [1.29, 1.82) is 0 Å². The first-order chi connectivity index (χ1) is 11.7. The number of carboxylic acid groups (broad SMARTS) is 2. The van der Waals surface area contributed by atoms with Crippen LogP contribution < -0.4 is 9.46 Å². The van der Waals surface area contributed by atoms with Crippen LogP contribution in [0.3, 0.4) is 0 Å². The molecule has 0 saturated carbocycles. The van der Waals surface area contributed by atoms with Gasteiger partial charge >= 0.3 is 11.9 Å². The van der Waals surface area contributed by atoms with Gasteiger partial charge in [-0.25, -0.2) is 18.0 Å². The van der Waals surface area contributed by atoms with E-state index in [1.807, 2.05) is 0 Å². The number of ether oxygens (including phenoxy) is 1. The molecule has 8 nitrogen and oxygen atoms in total. The zero-order valence-electron chi connectivity index (χ0n) is 12.7. The molecule has 0 aliphatic heterocycles. The van der Waals surface area contributed by atoms with Gasteiger partial charge in [0.15, 0.2) is 0 Å². The molecule has 0 aliphatic carbocycles. The fourth-order valence-electron chi connectivity index (χ4n) is 2.01. The summed E-state index contributed by atoms with van der Waals surface area (Å²) < 4.78 is 32.5. The van der Waals surface area contributed by atoms with Gasteiger partial charge in [-0.3, -0.25) is 4.72 Å². The maximum Gasteiger partial charge on any atom is 0.339 e. The van der Waals surface area contributed by atoms with E-state index in [1.165, 1.54) is 31.4 Å². The maximum absolute atomic E-state index is 12.5. The van der Waals surface area contributed by atoms with E-state index < -0.39 is 22.0 Å². The highest BCUT2D eigenvalue weighted by molar-refractivity contribution is 9.10. The Morgan fingerprint density at radius 3 is 2.24 bits per heavy atom. The summed E-state index contributed by atoms with van der Waals surface area (Å²) in [5.41, 5.74) is -0.743. The molecule has 132 valence electrons. The molecule has 2 aromatic carbocycles. The summed E-state index contributed by atoms with van der Waals surface area (Å²) in [4.78, 5) is 22.2. The fourth-order valence-corrected chi connectivity index (χ4v) is 3.47. The number of hydrogen-bond acceptors (Lipinski definition) is 5. The van der Waals surface area contributed by atoms with E-state index >= 15 is 0 Å². The van der Waals surface area contributed by atoms with E-state index in [2.05, 4.69) is 20.7 Å². The zero-order chi connectivity index (χ0) is 18.8. The van der Waals surface area contributed by atoms with Gasteiger partial charge in [0.05, 0.1) is 23.3 Å². The van der Waals surface area contributed by atoms with Crippen LogP contribution in [0.25, 0.3) is 0 Å². The molecule has 2 rings (SSSR count). The van der Waals surface area contributed by atoms with Crippen molar-refractivity contribution >= 4 is 43.6 Å². The van der Waals surface area contributed by atoms with Crippen LogP contribution in [0.2, 0.25) is 0 Å². The fraction of sp³-hybridized carbons (Fsp3) is 0.0667. The molecule has 2 aromatic rings. The Morgan fingerprint density at radius 2 is 1.68 bits per heavy atom. The number of rotatable bonds is 6. The van der Waals surface area contributed by atoms with Gasteiger partial charge in [-0.1, -0.05) is 15.9 Å². The van der Waals surface area contributed by atoms with Gasteiger partial charge in [0, 0.05) is 4.47 Å². The number of nitrogens with one attached hydrogen (secondary N) is 1. The number of aromatic carboxylic acids is 2. The number of carbonyl (C=O) groups is 2. The van der Waals surface area contributed by atoms with Crippen LogP contribution in [0, 0.1) is 0 Å². The van der Waals surface area contributed by atoms with Crippen molar-refractivity contribution in [3.63, 3.8) is 0 Å². The van der Waals surface area contributed by atoms with E-state index in [0.717, 1.165) is 12.1 Å². The number of hydrogen-bond donors (Lipinski definition) is 3. The lowest BCUT2D eigenvalue weighted by molar-refractivity contribution is 0.0684. The molecule has 0 atom stereocenters.